The van der Waals surface area contributed by atoms with Crippen LogP contribution in [0.25, 0.3) is 0 Å². The highest BCUT2D eigenvalue weighted by molar-refractivity contribution is 5.73. The van der Waals surface area contributed by atoms with Crippen molar-refractivity contribution in [3.8, 4) is 6.07 Å². The van der Waals surface area contributed by atoms with Crippen molar-refractivity contribution in [2.75, 3.05) is 19.6 Å². The molecule has 108 valence electrons. The van der Waals surface area contributed by atoms with Gasteiger partial charge in [-0.2, -0.15) is 5.26 Å². The molecule has 1 rings (SSSR count). The lowest BCUT2D eigenvalue weighted by Gasteiger charge is -2.31. The van der Waals surface area contributed by atoms with Gasteiger partial charge in [-0.3, -0.25) is 4.79 Å². The van der Waals surface area contributed by atoms with E-state index in [1.165, 1.54) is 0 Å². The second-order valence-corrected chi connectivity index (χ2v) is 5.94. The second-order valence-electron chi connectivity index (χ2n) is 5.94. The number of piperidine rings is 1. The fraction of sp³-hybridized carbons (Fsp3) is 0.857. The molecule has 1 heterocycles. The van der Waals surface area contributed by atoms with E-state index in [4.69, 9.17) is 16.7 Å². The molecule has 1 atom stereocenters. The molecule has 1 amide bonds. The number of carbonyl (C=O) groups excluding carboxylic acids is 1. The van der Waals surface area contributed by atoms with Crippen molar-refractivity contribution >= 4 is 5.91 Å². The lowest BCUT2D eigenvalue weighted by Crippen LogP contribution is -2.36. The van der Waals surface area contributed by atoms with Crippen LogP contribution in [0.5, 0.6) is 0 Å². The number of hydrogen-bond donors (Lipinski definition) is 2. The van der Waals surface area contributed by atoms with Crippen molar-refractivity contribution in [1.82, 2.24) is 4.90 Å². The van der Waals surface area contributed by atoms with Gasteiger partial charge in [0.05, 0.1) is 6.07 Å². The van der Waals surface area contributed by atoms with E-state index in [9.17, 15) is 4.79 Å². The van der Waals surface area contributed by atoms with E-state index in [1.807, 2.05) is 0 Å². The van der Waals surface area contributed by atoms with Gasteiger partial charge < -0.3 is 16.4 Å². The summed E-state index contributed by atoms with van der Waals surface area (Å²) >= 11 is 0. The predicted octanol–water partition coefficient (Wildman–Crippen LogP) is 0.985. The van der Waals surface area contributed by atoms with E-state index in [2.05, 4.69) is 11.0 Å². The number of likely N-dealkylation sites (tertiary alicyclic amines) is 1. The van der Waals surface area contributed by atoms with Crippen molar-refractivity contribution in [3.63, 3.8) is 0 Å². The summed E-state index contributed by atoms with van der Waals surface area (Å²) in [5.41, 5.74) is 10.3. The van der Waals surface area contributed by atoms with E-state index in [0.717, 1.165) is 51.7 Å². The number of nitrogens with zero attached hydrogens (tertiary/aromatic N) is 2. The maximum Gasteiger partial charge on any atom is 0.217 e. The largest absolute Gasteiger partial charge is 0.370 e. The van der Waals surface area contributed by atoms with Gasteiger partial charge in [0.2, 0.25) is 5.91 Å². The third kappa shape index (κ3) is 6.55. The van der Waals surface area contributed by atoms with E-state index in [1.54, 1.807) is 6.92 Å². The third-order valence-electron chi connectivity index (χ3n) is 3.87. The molecule has 1 saturated heterocycles. The van der Waals surface area contributed by atoms with Crippen LogP contribution >= 0.6 is 0 Å². The summed E-state index contributed by atoms with van der Waals surface area (Å²) in [4.78, 5) is 13.3. The van der Waals surface area contributed by atoms with Gasteiger partial charge >= 0.3 is 0 Å². The van der Waals surface area contributed by atoms with Crippen LogP contribution in [0, 0.1) is 17.2 Å². The zero-order valence-corrected chi connectivity index (χ0v) is 11.9. The van der Waals surface area contributed by atoms with Crippen LogP contribution in [0.15, 0.2) is 0 Å². The zero-order valence-electron chi connectivity index (χ0n) is 11.9. The summed E-state index contributed by atoms with van der Waals surface area (Å²) in [6.07, 6.45) is 5.48. The van der Waals surface area contributed by atoms with Crippen LogP contribution in [-0.4, -0.2) is 36.0 Å². The Morgan fingerprint density at radius 3 is 2.58 bits per heavy atom. The maximum absolute atomic E-state index is 10.9. The summed E-state index contributed by atoms with van der Waals surface area (Å²) in [5, 5.41) is 8.82. The SMILES string of the molecule is CC(N)(C#N)CCCCN1CCC(CC(N)=O)CC1. The van der Waals surface area contributed by atoms with Crippen LogP contribution < -0.4 is 11.5 Å². The molecule has 0 aromatic heterocycles. The highest BCUT2D eigenvalue weighted by Gasteiger charge is 2.21. The number of hydrogen-bond acceptors (Lipinski definition) is 4. The summed E-state index contributed by atoms with van der Waals surface area (Å²) in [6.45, 7) is 4.94. The van der Waals surface area contributed by atoms with Crippen molar-refractivity contribution in [2.24, 2.45) is 17.4 Å². The Morgan fingerprint density at radius 1 is 1.42 bits per heavy atom. The first-order chi connectivity index (χ1) is 8.93. The highest BCUT2D eigenvalue weighted by atomic mass is 16.1. The normalized spacial score (nSPS) is 20.7. The Kier molecular flexibility index (Phi) is 6.26. The van der Waals surface area contributed by atoms with Gasteiger partial charge in [0, 0.05) is 6.42 Å². The van der Waals surface area contributed by atoms with Gasteiger partial charge in [0.1, 0.15) is 5.54 Å². The van der Waals surface area contributed by atoms with Crippen LogP contribution in [0.1, 0.15) is 45.4 Å². The smallest absolute Gasteiger partial charge is 0.217 e. The fourth-order valence-electron chi connectivity index (χ4n) is 2.58. The lowest BCUT2D eigenvalue weighted by molar-refractivity contribution is -0.119. The number of rotatable bonds is 7. The molecule has 0 saturated carbocycles. The molecule has 1 unspecified atom stereocenters. The molecule has 0 aromatic carbocycles. The van der Waals surface area contributed by atoms with Crippen molar-refractivity contribution in [2.45, 2.75) is 51.0 Å². The molecule has 1 aliphatic rings. The molecule has 0 spiro atoms. The third-order valence-corrected chi connectivity index (χ3v) is 3.87. The van der Waals surface area contributed by atoms with Crippen molar-refractivity contribution < 1.29 is 4.79 Å². The molecular weight excluding hydrogens is 240 g/mol. The summed E-state index contributed by atoms with van der Waals surface area (Å²) in [6, 6.07) is 2.12. The number of unbranched alkanes of at least 4 members (excludes halogenated alkanes) is 1. The Hall–Kier alpha value is -1.12. The minimum absolute atomic E-state index is 0.183. The average Bonchev–Trinajstić information content (AvgIpc) is 2.36. The van der Waals surface area contributed by atoms with Crippen LogP contribution in [0.2, 0.25) is 0 Å². The van der Waals surface area contributed by atoms with E-state index in [0.29, 0.717) is 12.3 Å². The second kappa shape index (κ2) is 7.46. The monoisotopic (exact) mass is 266 g/mol. The number of nitrogens with two attached hydrogens (primary N) is 2. The van der Waals surface area contributed by atoms with Gasteiger partial charge in [-0.15, -0.1) is 0 Å². The zero-order chi connectivity index (χ0) is 14.3. The van der Waals surface area contributed by atoms with E-state index < -0.39 is 5.54 Å². The van der Waals surface area contributed by atoms with E-state index >= 15 is 0 Å². The van der Waals surface area contributed by atoms with Gasteiger partial charge in [-0.05, 0) is 64.6 Å². The molecule has 5 heteroatoms. The first-order valence-corrected chi connectivity index (χ1v) is 7.14. The molecule has 0 aromatic rings. The Labute approximate surface area is 115 Å². The summed E-state index contributed by atoms with van der Waals surface area (Å²) in [5.74, 6) is 0.289. The molecular formula is C14H26N4O. The quantitative estimate of drug-likeness (QED) is 0.671. The minimum Gasteiger partial charge on any atom is -0.370 e. The van der Waals surface area contributed by atoms with Crippen LogP contribution in [0.4, 0.5) is 0 Å². The topological polar surface area (TPSA) is 96.1 Å². The van der Waals surface area contributed by atoms with Crippen LogP contribution in [-0.2, 0) is 4.79 Å². The maximum atomic E-state index is 10.9. The van der Waals surface area contributed by atoms with Gasteiger partial charge in [0.25, 0.3) is 0 Å². The molecule has 0 radical (unpaired) electrons. The molecule has 4 N–H and O–H groups in total. The van der Waals surface area contributed by atoms with Gasteiger partial charge in [-0.25, -0.2) is 0 Å². The summed E-state index contributed by atoms with van der Waals surface area (Å²) < 4.78 is 0. The molecule has 5 nitrogen and oxygen atoms in total. The molecule has 0 aliphatic carbocycles. The standard InChI is InChI=1S/C14H26N4O/c1-14(17,11-15)6-2-3-7-18-8-4-12(5-9-18)10-13(16)19/h12H,2-10,17H2,1H3,(H2,16,19). The highest BCUT2D eigenvalue weighted by Crippen LogP contribution is 2.20. The Balaban J connectivity index is 2.10. The van der Waals surface area contributed by atoms with E-state index in [-0.39, 0.29) is 5.91 Å². The predicted molar refractivity (Wildman–Crippen MR) is 75.0 cm³/mol. The Bertz CT molecular complexity index is 327. The molecule has 1 aliphatic heterocycles. The van der Waals surface area contributed by atoms with Crippen LogP contribution in [0.3, 0.4) is 0 Å². The lowest BCUT2D eigenvalue weighted by atomic mass is 9.93. The van der Waals surface area contributed by atoms with Crippen molar-refractivity contribution in [1.29, 1.82) is 5.26 Å². The number of nitriles is 1. The average molecular weight is 266 g/mol. The van der Waals surface area contributed by atoms with Crippen molar-refractivity contribution in [3.05, 3.63) is 0 Å². The molecule has 0 bridgehead atoms. The molecule has 1 fully saturated rings. The number of carbonyl (C=O) groups is 1. The minimum atomic E-state index is -0.686. The Morgan fingerprint density at radius 2 is 2.05 bits per heavy atom. The van der Waals surface area contributed by atoms with Gasteiger partial charge in [-0.1, -0.05) is 0 Å². The number of amides is 1. The first kappa shape index (κ1) is 15.9. The summed E-state index contributed by atoms with van der Waals surface area (Å²) in [7, 11) is 0. The number of primary amides is 1. The van der Waals surface area contributed by atoms with Gasteiger partial charge in [0.15, 0.2) is 0 Å². The first-order valence-electron chi connectivity index (χ1n) is 7.14. The molecule has 19 heavy (non-hydrogen) atoms. The fourth-order valence-corrected chi connectivity index (χ4v) is 2.58.